The predicted octanol–water partition coefficient (Wildman–Crippen LogP) is 4.14. The maximum absolute atomic E-state index is 13.7. The summed E-state index contributed by atoms with van der Waals surface area (Å²) < 4.78 is 0. The summed E-state index contributed by atoms with van der Waals surface area (Å²) in [5.41, 5.74) is 2.92. The third kappa shape index (κ3) is 2.72. The fraction of sp³-hybridized carbons (Fsp3) is 0.192. The maximum Gasteiger partial charge on any atom is 0.236 e. The third-order valence-electron chi connectivity index (χ3n) is 6.77. The van der Waals surface area contributed by atoms with Crippen LogP contribution in [0.4, 0.5) is 0 Å². The molecule has 2 fully saturated rings. The van der Waals surface area contributed by atoms with Gasteiger partial charge in [0.05, 0.1) is 29.3 Å². The van der Waals surface area contributed by atoms with Gasteiger partial charge in [-0.05, 0) is 34.2 Å². The maximum atomic E-state index is 13.7. The standard InChI is InChI=1S/C26H20N2O3S/c29-24(19-11-6-14-32-19)23-21-20(22-18-10-5-4-9-17(18)12-13-27(22)23)25(30)28(26(21)31)15-16-7-2-1-3-8-16/h1-14,20-23H,15H2/t20-,21+,22+,23-/m0/s1. The molecule has 158 valence electrons. The number of amides is 2. The Bertz CT molecular complexity index is 1250. The van der Waals surface area contributed by atoms with Gasteiger partial charge in [-0.2, -0.15) is 0 Å². The van der Waals surface area contributed by atoms with E-state index in [4.69, 9.17) is 0 Å². The van der Waals surface area contributed by atoms with Gasteiger partial charge in [-0.3, -0.25) is 19.3 Å². The molecule has 6 heteroatoms. The van der Waals surface area contributed by atoms with Crippen molar-refractivity contribution >= 4 is 35.0 Å². The van der Waals surface area contributed by atoms with Crippen LogP contribution in [0.25, 0.3) is 6.08 Å². The van der Waals surface area contributed by atoms with E-state index in [1.54, 1.807) is 6.07 Å². The van der Waals surface area contributed by atoms with Crippen molar-refractivity contribution in [2.75, 3.05) is 0 Å². The molecule has 0 unspecified atom stereocenters. The molecule has 0 aliphatic carbocycles. The molecule has 5 nitrogen and oxygen atoms in total. The van der Waals surface area contributed by atoms with Crippen molar-refractivity contribution in [1.29, 1.82) is 0 Å². The molecule has 32 heavy (non-hydrogen) atoms. The summed E-state index contributed by atoms with van der Waals surface area (Å²) in [6.45, 7) is 0.232. The Morgan fingerprint density at radius 1 is 0.875 bits per heavy atom. The molecule has 0 N–H and O–H groups in total. The molecular weight excluding hydrogens is 420 g/mol. The van der Waals surface area contributed by atoms with E-state index >= 15 is 0 Å². The van der Waals surface area contributed by atoms with E-state index in [1.165, 1.54) is 16.2 Å². The summed E-state index contributed by atoms with van der Waals surface area (Å²) in [7, 11) is 0. The van der Waals surface area contributed by atoms with Crippen molar-refractivity contribution in [3.05, 3.63) is 99.9 Å². The Morgan fingerprint density at radius 3 is 2.41 bits per heavy atom. The van der Waals surface area contributed by atoms with Crippen LogP contribution in [0.15, 0.2) is 78.3 Å². The van der Waals surface area contributed by atoms with Gasteiger partial charge in [0.2, 0.25) is 11.8 Å². The molecule has 6 rings (SSSR count). The number of fused-ring (bicyclic) bond motifs is 5. The van der Waals surface area contributed by atoms with Crippen LogP contribution in [0.5, 0.6) is 0 Å². The highest BCUT2D eigenvalue weighted by Gasteiger charge is 2.64. The first-order chi connectivity index (χ1) is 15.6. The topological polar surface area (TPSA) is 57.7 Å². The summed E-state index contributed by atoms with van der Waals surface area (Å²) in [5.74, 6) is -1.80. The average molecular weight is 441 g/mol. The average Bonchev–Trinajstić information content (AvgIpc) is 3.53. The van der Waals surface area contributed by atoms with Crippen molar-refractivity contribution in [3.8, 4) is 0 Å². The van der Waals surface area contributed by atoms with E-state index in [-0.39, 0.29) is 30.2 Å². The lowest BCUT2D eigenvalue weighted by Crippen LogP contribution is -2.43. The van der Waals surface area contributed by atoms with Crippen LogP contribution in [0, 0.1) is 11.8 Å². The van der Waals surface area contributed by atoms with Crippen LogP contribution >= 0.6 is 11.3 Å². The number of carbonyl (C=O) groups is 3. The van der Waals surface area contributed by atoms with E-state index in [1.807, 2.05) is 83.2 Å². The van der Waals surface area contributed by atoms with Gasteiger partial charge in [-0.15, -0.1) is 11.3 Å². The Morgan fingerprint density at radius 2 is 1.62 bits per heavy atom. The number of likely N-dealkylation sites (tertiary alicyclic amines) is 1. The lowest BCUT2D eigenvalue weighted by atomic mass is 9.84. The van der Waals surface area contributed by atoms with E-state index in [2.05, 4.69) is 0 Å². The van der Waals surface area contributed by atoms with E-state index in [0.717, 1.165) is 16.7 Å². The molecule has 0 radical (unpaired) electrons. The number of hydrogen-bond acceptors (Lipinski definition) is 5. The molecule has 2 aromatic carbocycles. The van der Waals surface area contributed by atoms with Crippen molar-refractivity contribution in [3.63, 3.8) is 0 Å². The molecule has 2 saturated heterocycles. The number of rotatable bonds is 4. The minimum absolute atomic E-state index is 0.0933. The van der Waals surface area contributed by atoms with Gasteiger partial charge < -0.3 is 4.90 Å². The number of imide groups is 1. The van der Waals surface area contributed by atoms with E-state index in [9.17, 15) is 14.4 Å². The quantitative estimate of drug-likeness (QED) is 0.452. The SMILES string of the molecule is O=C(c1cccs1)[C@@H]1[C@@H]2C(=O)N(Cc3ccccc3)C(=O)[C@@H]2[C@H]2c3ccccc3C=CN12. The minimum Gasteiger partial charge on any atom is -0.358 e. The molecule has 3 aromatic rings. The first kappa shape index (κ1) is 19.2. The molecule has 2 amide bonds. The highest BCUT2D eigenvalue weighted by molar-refractivity contribution is 7.12. The number of thiophene rings is 1. The van der Waals surface area contributed by atoms with Gasteiger partial charge in [-0.1, -0.05) is 60.7 Å². The number of nitrogens with zero attached hydrogens (tertiary/aromatic N) is 2. The Labute approximate surface area is 189 Å². The smallest absolute Gasteiger partial charge is 0.236 e. The van der Waals surface area contributed by atoms with Crippen LogP contribution in [-0.4, -0.2) is 33.4 Å². The van der Waals surface area contributed by atoms with Crippen molar-refractivity contribution in [1.82, 2.24) is 9.80 Å². The second kappa shape index (κ2) is 7.28. The van der Waals surface area contributed by atoms with Crippen molar-refractivity contribution < 1.29 is 14.4 Å². The minimum atomic E-state index is -0.693. The van der Waals surface area contributed by atoms with Gasteiger partial charge in [0.15, 0.2) is 5.78 Å². The lowest BCUT2D eigenvalue weighted by Gasteiger charge is -2.35. The zero-order valence-electron chi connectivity index (χ0n) is 17.1. The first-order valence-corrected chi connectivity index (χ1v) is 11.5. The number of Topliss-reactive ketones (excluding diaryl/α,β-unsaturated/α-hetero) is 1. The number of hydrogen-bond donors (Lipinski definition) is 0. The zero-order chi connectivity index (χ0) is 21.8. The summed E-state index contributed by atoms with van der Waals surface area (Å²) >= 11 is 1.37. The molecular formula is C26H20N2O3S. The molecule has 3 aliphatic rings. The van der Waals surface area contributed by atoms with Crippen LogP contribution in [0.1, 0.15) is 32.4 Å². The van der Waals surface area contributed by atoms with Gasteiger partial charge in [-0.25, -0.2) is 0 Å². The normalized spacial score (nSPS) is 25.6. The highest BCUT2D eigenvalue weighted by Crippen LogP contribution is 2.53. The molecule has 0 bridgehead atoms. The van der Waals surface area contributed by atoms with E-state index < -0.39 is 17.9 Å². The summed E-state index contributed by atoms with van der Waals surface area (Å²) in [4.78, 5) is 44.8. The Kier molecular flexibility index (Phi) is 4.36. The Balaban J connectivity index is 1.45. The van der Waals surface area contributed by atoms with Crippen molar-refractivity contribution in [2.24, 2.45) is 11.8 Å². The molecule has 0 saturated carbocycles. The van der Waals surface area contributed by atoms with Crippen LogP contribution in [0.2, 0.25) is 0 Å². The number of benzene rings is 2. The van der Waals surface area contributed by atoms with E-state index in [0.29, 0.717) is 4.88 Å². The fourth-order valence-corrected chi connectivity index (χ4v) is 6.10. The van der Waals surface area contributed by atoms with Crippen LogP contribution in [-0.2, 0) is 16.1 Å². The monoisotopic (exact) mass is 440 g/mol. The lowest BCUT2D eigenvalue weighted by molar-refractivity contribution is -0.142. The first-order valence-electron chi connectivity index (χ1n) is 10.7. The Hall–Kier alpha value is -3.51. The summed E-state index contributed by atoms with van der Waals surface area (Å²) in [6, 6.07) is 20.1. The largest absolute Gasteiger partial charge is 0.358 e. The van der Waals surface area contributed by atoms with Gasteiger partial charge in [0.1, 0.15) is 6.04 Å². The van der Waals surface area contributed by atoms with Gasteiger partial charge >= 0.3 is 0 Å². The summed E-state index contributed by atoms with van der Waals surface area (Å²) in [5, 5.41) is 1.86. The highest BCUT2D eigenvalue weighted by atomic mass is 32.1. The van der Waals surface area contributed by atoms with Crippen LogP contribution in [0.3, 0.4) is 0 Å². The predicted molar refractivity (Wildman–Crippen MR) is 121 cm³/mol. The number of carbonyl (C=O) groups excluding carboxylic acids is 3. The number of ketones is 1. The van der Waals surface area contributed by atoms with Gasteiger partial charge in [0, 0.05) is 6.20 Å². The van der Waals surface area contributed by atoms with Crippen LogP contribution < -0.4 is 0 Å². The molecule has 1 aromatic heterocycles. The van der Waals surface area contributed by atoms with Gasteiger partial charge in [0.25, 0.3) is 0 Å². The second-order valence-electron chi connectivity index (χ2n) is 8.42. The zero-order valence-corrected chi connectivity index (χ0v) is 17.9. The third-order valence-corrected chi connectivity index (χ3v) is 7.65. The fourth-order valence-electron chi connectivity index (χ4n) is 5.41. The molecule has 4 atom stereocenters. The summed E-state index contributed by atoms with van der Waals surface area (Å²) in [6.07, 6.45) is 3.86. The molecule has 3 aliphatic heterocycles. The molecule has 4 heterocycles. The second-order valence-corrected chi connectivity index (χ2v) is 9.37. The van der Waals surface area contributed by atoms with Crippen molar-refractivity contribution in [2.45, 2.75) is 18.6 Å². The molecule has 0 spiro atoms.